The Morgan fingerprint density at radius 3 is 2.50 bits per heavy atom. The van der Waals surface area contributed by atoms with E-state index in [0.717, 1.165) is 43.2 Å². The smallest absolute Gasteiger partial charge is 0.224 e. The van der Waals surface area contributed by atoms with Crippen molar-refractivity contribution in [2.45, 2.75) is 66.5 Å². The van der Waals surface area contributed by atoms with Crippen LogP contribution in [0, 0.1) is 11.3 Å². The zero-order valence-corrected chi connectivity index (χ0v) is 26.7. The molecule has 2 atom stereocenters. The van der Waals surface area contributed by atoms with E-state index in [0.29, 0.717) is 31.4 Å². The fraction of sp³-hybridized carbons (Fsp3) is 0.667. The van der Waals surface area contributed by atoms with Crippen molar-refractivity contribution in [2.24, 2.45) is 32.0 Å². The summed E-state index contributed by atoms with van der Waals surface area (Å²) in [5.74, 6) is 2.11. The molecule has 2 unspecified atom stereocenters. The summed E-state index contributed by atoms with van der Waals surface area (Å²) in [7, 11) is 9.81. The van der Waals surface area contributed by atoms with E-state index >= 15 is 0 Å². The summed E-state index contributed by atoms with van der Waals surface area (Å²) < 4.78 is 5.57. The maximum atomic E-state index is 6.02. The maximum absolute atomic E-state index is 6.02. The van der Waals surface area contributed by atoms with Gasteiger partial charge in [0.05, 0.1) is 24.0 Å². The molecule has 0 saturated carbocycles. The van der Waals surface area contributed by atoms with Gasteiger partial charge in [0, 0.05) is 45.6 Å². The number of aromatic nitrogens is 1. The van der Waals surface area contributed by atoms with Crippen molar-refractivity contribution >= 4 is 23.8 Å². The second-order valence-electron chi connectivity index (χ2n) is 11.0. The number of allylic oxidation sites excluding steroid dienone is 1. The van der Waals surface area contributed by atoms with Crippen molar-refractivity contribution in [3.63, 3.8) is 0 Å². The SMILES string of the molecule is CCCC(CCN(C)C)N=C/C(=C\N)NC(=NCC)/N=C(\C(C)C(C)(C)COC)N(C)c1cccc(CNC)n1. The van der Waals surface area contributed by atoms with Crippen molar-refractivity contribution in [1.29, 1.82) is 0 Å². The number of nitrogens with zero attached hydrogens (tertiary/aromatic N) is 6. The lowest BCUT2D eigenvalue weighted by Crippen LogP contribution is -2.43. The molecule has 1 rings (SSSR count). The summed E-state index contributed by atoms with van der Waals surface area (Å²) in [6, 6.07) is 6.25. The highest BCUT2D eigenvalue weighted by atomic mass is 16.5. The van der Waals surface area contributed by atoms with Gasteiger partial charge in [-0.3, -0.25) is 9.98 Å². The van der Waals surface area contributed by atoms with Crippen molar-refractivity contribution < 1.29 is 4.74 Å². The van der Waals surface area contributed by atoms with E-state index in [4.69, 9.17) is 25.4 Å². The van der Waals surface area contributed by atoms with Gasteiger partial charge in [0.15, 0.2) is 0 Å². The Balaban J connectivity index is 3.44. The van der Waals surface area contributed by atoms with E-state index < -0.39 is 0 Å². The molecular weight excluding hydrogens is 502 g/mol. The highest BCUT2D eigenvalue weighted by molar-refractivity contribution is 6.06. The summed E-state index contributed by atoms with van der Waals surface area (Å²) in [5, 5.41) is 6.50. The van der Waals surface area contributed by atoms with E-state index in [1.807, 2.05) is 44.1 Å². The third-order valence-electron chi connectivity index (χ3n) is 6.83. The van der Waals surface area contributed by atoms with Gasteiger partial charge in [-0.1, -0.05) is 40.2 Å². The third kappa shape index (κ3) is 12.1. The van der Waals surface area contributed by atoms with Crippen LogP contribution in [0.4, 0.5) is 5.82 Å². The number of ether oxygens (including phenoxy) is 1. The Morgan fingerprint density at radius 1 is 1.20 bits per heavy atom. The van der Waals surface area contributed by atoms with Gasteiger partial charge < -0.3 is 30.9 Å². The van der Waals surface area contributed by atoms with E-state index in [1.165, 1.54) is 6.20 Å². The first-order valence-corrected chi connectivity index (χ1v) is 14.4. The second-order valence-corrected chi connectivity index (χ2v) is 11.0. The minimum Gasteiger partial charge on any atom is -0.403 e. The van der Waals surface area contributed by atoms with Crippen LogP contribution in [0.5, 0.6) is 0 Å². The molecule has 0 spiro atoms. The van der Waals surface area contributed by atoms with Crippen molar-refractivity contribution in [1.82, 2.24) is 20.5 Å². The largest absolute Gasteiger partial charge is 0.403 e. The maximum Gasteiger partial charge on any atom is 0.224 e. The quantitative estimate of drug-likeness (QED) is 0.209. The predicted octanol–water partition coefficient (Wildman–Crippen LogP) is 3.90. The summed E-state index contributed by atoms with van der Waals surface area (Å²) in [6.07, 6.45) is 6.41. The molecule has 0 saturated heterocycles. The van der Waals surface area contributed by atoms with Gasteiger partial charge >= 0.3 is 0 Å². The molecule has 10 nitrogen and oxygen atoms in total. The molecule has 0 aliphatic rings. The molecule has 0 radical (unpaired) electrons. The first-order valence-electron chi connectivity index (χ1n) is 14.4. The first-order chi connectivity index (χ1) is 19.0. The highest BCUT2D eigenvalue weighted by Crippen LogP contribution is 2.30. The van der Waals surface area contributed by atoms with Crippen LogP contribution < -0.4 is 21.3 Å². The minimum absolute atomic E-state index is 0.00926. The molecule has 0 aliphatic carbocycles. The molecule has 0 aliphatic heterocycles. The van der Waals surface area contributed by atoms with Crippen LogP contribution in [-0.4, -0.2) is 88.9 Å². The minimum atomic E-state index is -0.199. The zero-order valence-electron chi connectivity index (χ0n) is 26.7. The topological polar surface area (TPSA) is 116 Å². The van der Waals surface area contributed by atoms with Gasteiger partial charge in [0.1, 0.15) is 11.7 Å². The fourth-order valence-electron chi connectivity index (χ4n) is 4.19. The number of rotatable bonds is 16. The molecular formula is C30H55N9O. The van der Waals surface area contributed by atoms with Crippen LogP contribution in [0.2, 0.25) is 0 Å². The Kier molecular flexibility index (Phi) is 16.3. The number of anilines is 1. The monoisotopic (exact) mass is 557 g/mol. The molecule has 1 aromatic heterocycles. The second kappa shape index (κ2) is 18.5. The average Bonchev–Trinajstić information content (AvgIpc) is 2.91. The van der Waals surface area contributed by atoms with Crippen LogP contribution in [0.3, 0.4) is 0 Å². The molecule has 4 N–H and O–H groups in total. The van der Waals surface area contributed by atoms with Crippen molar-refractivity contribution in [3.05, 3.63) is 35.8 Å². The standard InChI is InChI=1S/C30H55N9O/c1-11-14-24(17-18-38(7)8)34-21-26(19-31)36-29(33-12-2)37-28(23(3)30(4,5)22-40-10)39(9)27-16-13-15-25(35-27)20-32-6/h13,15-16,19,21,23-24,32H,11-12,14,17-18,20,22,31H2,1-10H3,(H,33,36)/b26-19+,34-21?,37-28+. The van der Waals surface area contributed by atoms with Crippen LogP contribution in [0.15, 0.2) is 45.1 Å². The number of amidine groups is 1. The number of hydrogen-bond donors (Lipinski definition) is 3. The molecule has 0 bridgehead atoms. The number of aliphatic imine (C=N–C) groups is 3. The summed E-state index contributed by atoms with van der Waals surface area (Å²) >= 11 is 0. The number of methoxy groups -OCH3 is 1. The first kappa shape index (κ1) is 35.2. The van der Waals surface area contributed by atoms with Gasteiger partial charge in [-0.2, -0.15) is 4.99 Å². The predicted molar refractivity (Wildman–Crippen MR) is 171 cm³/mol. The van der Waals surface area contributed by atoms with Crippen molar-refractivity contribution in [3.8, 4) is 0 Å². The van der Waals surface area contributed by atoms with Gasteiger partial charge in [-0.25, -0.2) is 4.98 Å². The number of pyridine rings is 1. The summed E-state index contributed by atoms with van der Waals surface area (Å²) in [5.41, 5.74) is 7.43. The van der Waals surface area contributed by atoms with Crippen LogP contribution in [0.1, 0.15) is 59.6 Å². The van der Waals surface area contributed by atoms with Crippen LogP contribution >= 0.6 is 0 Å². The zero-order chi connectivity index (χ0) is 30.1. The highest BCUT2D eigenvalue weighted by Gasteiger charge is 2.33. The lowest BCUT2D eigenvalue weighted by molar-refractivity contribution is 0.0850. The van der Waals surface area contributed by atoms with Crippen molar-refractivity contribution in [2.75, 3.05) is 59.9 Å². The lowest BCUT2D eigenvalue weighted by Gasteiger charge is -2.35. The van der Waals surface area contributed by atoms with E-state index in [9.17, 15) is 0 Å². The number of hydrogen-bond acceptors (Lipinski definition) is 7. The Hall–Kier alpha value is -2.82. The number of guanidine groups is 1. The van der Waals surface area contributed by atoms with E-state index in [1.54, 1.807) is 13.3 Å². The van der Waals surface area contributed by atoms with Crippen LogP contribution in [-0.2, 0) is 11.3 Å². The molecule has 226 valence electrons. The van der Waals surface area contributed by atoms with Gasteiger partial charge in [-0.05, 0) is 65.0 Å². The molecule has 1 aromatic rings. The number of nitrogens with one attached hydrogen (secondary N) is 2. The molecule has 0 aromatic carbocycles. The Labute approximate surface area is 243 Å². The van der Waals surface area contributed by atoms with Gasteiger partial charge in [0.2, 0.25) is 5.96 Å². The summed E-state index contributed by atoms with van der Waals surface area (Å²) in [4.78, 5) is 23.7. The Morgan fingerprint density at radius 2 is 1.93 bits per heavy atom. The van der Waals surface area contributed by atoms with Gasteiger partial charge in [0.25, 0.3) is 0 Å². The molecule has 1 heterocycles. The lowest BCUT2D eigenvalue weighted by atomic mass is 9.79. The normalized spacial score (nSPS) is 15.1. The Bertz CT molecular complexity index is 985. The molecule has 0 amide bonds. The number of nitrogens with two attached hydrogens (primary N) is 1. The van der Waals surface area contributed by atoms with E-state index in [-0.39, 0.29) is 17.4 Å². The molecule has 0 fully saturated rings. The molecule has 10 heteroatoms. The van der Waals surface area contributed by atoms with E-state index in [2.05, 4.69) is 62.3 Å². The third-order valence-corrected chi connectivity index (χ3v) is 6.83. The molecule has 40 heavy (non-hydrogen) atoms. The average molecular weight is 558 g/mol. The summed E-state index contributed by atoms with van der Waals surface area (Å²) in [6.45, 7) is 13.5. The van der Waals surface area contributed by atoms with Crippen LogP contribution in [0.25, 0.3) is 0 Å². The van der Waals surface area contributed by atoms with Gasteiger partial charge in [-0.15, -0.1) is 0 Å². The fourth-order valence-corrected chi connectivity index (χ4v) is 4.19.